The number of benzene rings is 2. The van der Waals surface area contributed by atoms with E-state index in [2.05, 4.69) is 25.1 Å². The number of aryl methyl sites for hydroxylation is 1. The molecule has 1 spiro atoms. The molecule has 0 saturated carbocycles. The van der Waals surface area contributed by atoms with E-state index in [0.29, 0.717) is 13.2 Å². The minimum Gasteiger partial charge on any atom is -0.492 e. The highest BCUT2D eigenvalue weighted by atomic mass is 16.5. The summed E-state index contributed by atoms with van der Waals surface area (Å²) < 4.78 is 5.95. The third-order valence-corrected chi connectivity index (χ3v) is 5.85. The van der Waals surface area contributed by atoms with Gasteiger partial charge in [-0.15, -0.1) is 0 Å². The Bertz CT molecular complexity index is 880. The third kappa shape index (κ3) is 3.50. The number of hydrogen-bond acceptors (Lipinski definition) is 3. The molecule has 1 amide bonds. The first-order valence-corrected chi connectivity index (χ1v) is 9.60. The van der Waals surface area contributed by atoms with Gasteiger partial charge in [0, 0.05) is 36.7 Å². The van der Waals surface area contributed by atoms with Crippen molar-refractivity contribution in [1.29, 1.82) is 0 Å². The number of likely N-dealkylation sites (tertiary alicyclic amines) is 1. The second-order valence-corrected chi connectivity index (χ2v) is 7.68. The van der Waals surface area contributed by atoms with Gasteiger partial charge in [-0.2, -0.15) is 0 Å². The fraction of sp³-hybridized carbons (Fsp3) is 0.348. The molecule has 0 aromatic heterocycles. The molecule has 2 aliphatic rings. The highest BCUT2D eigenvalue weighted by Gasteiger charge is 2.43. The fourth-order valence-electron chi connectivity index (χ4n) is 4.15. The summed E-state index contributed by atoms with van der Waals surface area (Å²) in [6.45, 7) is 4.81. The standard InChI is InChI=1S/C23H26N2O2/c1-17-3-2-4-18(13-17)6-8-22(26)25-11-9-23(10-12-25)16-27-21-7-5-19(15-24)14-20(21)23/h2-8,13-14H,9-12,15-16,24H2,1H3/b8-6+. The number of amides is 1. The topological polar surface area (TPSA) is 55.6 Å². The first kappa shape index (κ1) is 17.8. The largest absolute Gasteiger partial charge is 0.492 e. The zero-order chi connectivity index (χ0) is 18.9. The molecule has 0 atom stereocenters. The smallest absolute Gasteiger partial charge is 0.246 e. The van der Waals surface area contributed by atoms with Crippen molar-refractivity contribution in [1.82, 2.24) is 4.90 Å². The third-order valence-electron chi connectivity index (χ3n) is 5.85. The van der Waals surface area contributed by atoms with Gasteiger partial charge in [-0.05, 0) is 43.0 Å². The van der Waals surface area contributed by atoms with Crippen molar-refractivity contribution in [2.24, 2.45) is 5.73 Å². The normalized spacial score (nSPS) is 17.9. The van der Waals surface area contributed by atoms with Crippen LogP contribution >= 0.6 is 0 Å². The van der Waals surface area contributed by atoms with Crippen LogP contribution in [0.5, 0.6) is 5.75 Å². The van der Waals surface area contributed by atoms with Gasteiger partial charge in [0.25, 0.3) is 0 Å². The molecule has 2 heterocycles. The maximum absolute atomic E-state index is 12.6. The number of hydrogen-bond donors (Lipinski definition) is 1. The van der Waals surface area contributed by atoms with Crippen molar-refractivity contribution >= 4 is 12.0 Å². The van der Waals surface area contributed by atoms with Gasteiger partial charge in [0.15, 0.2) is 0 Å². The molecule has 27 heavy (non-hydrogen) atoms. The molecule has 2 N–H and O–H groups in total. The van der Waals surface area contributed by atoms with E-state index < -0.39 is 0 Å². The lowest BCUT2D eigenvalue weighted by Crippen LogP contribution is -2.45. The Morgan fingerprint density at radius 3 is 2.78 bits per heavy atom. The Balaban J connectivity index is 1.43. The van der Waals surface area contributed by atoms with Crippen molar-refractivity contribution in [2.45, 2.75) is 31.7 Å². The molecule has 4 nitrogen and oxygen atoms in total. The highest BCUT2D eigenvalue weighted by molar-refractivity contribution is 5.91. The van der Waals surface area contributed by atoms with Crippen LogP contribution in [0.4, 0.5) is 0 Å². The minimum atomic E-state index is 0.0253. The van der Waals surface area contributed by atoms with Crippen LogP contribution in [-0.4, -0.2) is 30.5 Å². The van der Waals surface area contributed by atoms with Crippen molar-refractivity contribution < 1.29 is 9.53 Å². The van der Waals surface area contributed by atoms with Gasteiger partial charge in [0.1, 0.15) is 5.75 Å². The van der Waals surface area contributed by atoms with Crippen LogP contribution in [0.2, 0.25) is 0 Å². The summed E-state index contributed by atoms with van der Waals surface area (Å²) in [6.07, 6.45) is 5.45. The zero-order valence-corrected chi connectivity index (χ0v) is 15.8. The number of carbonyl (C=O) groups is 1. The number of ether oxygens (including phenoxy) is 1. The van der Waals surface area contributed by atoms with E-state index in [1.54, 1.807) is 6.08 Å². The molecule has 0 unspecified atom stereocenters. The van der Waals surface area contributed by atoms with Crippen molar-refractivity contribution in [2.75, 3.05) is 19.7 Å². The Kier molecular flexibility index (Phi) is 4.75. The summed E-state index contributed by atoms with van der Waals surface area (Å²) in [4.78, 5) is 14.5. The van der Waals surface area contributed by atoms with E-state index in [4.69, 9.17) is 10.5 Å². The van der Waals surface area contributed by atoms with E-state index in [9.17, 15) is 4.79 Å². The highest BCUT2D eigenvalue weighted by Crippen LogP contribution is 2.45. The van der Waals surface area contributed by atoms with Gasteiger partial charge in [0.2, 0.25) is 5.91 Å². The summed E-state index contributed by atoms with van der Waals surface area (Å²) in [5.41, 5.74) is 10.5. The van der Waals surface area contributed by atoms with Gasteiger partial charge in [-0.3, -0.25) is 4.79 Å². The van der Waals surface area contributed by atoms with E-state index >= 15 is 0 Å². The average molecular weight is 362 g/mol. The predicted molar refractivity (Wildman–Crippen MR) is 108 cm³/mol. The number of nitrogens with two attached hydrogens (primary N) is 1. The summed E-state index contributed by atoms with van der Waals surface area (Å²) in [6, 6.07) is 14.4. The van der Waals surface area contributed by atoms with E-state index in [0.717, 1.165) is 42.8 Å². The van der Waals surface area contributed by atoms with Gasteiger partial charge in [0.05, 0.1) is 6.61 Å². The first-order valence-electron chi connectivity index (χ1n) is 9.60. The SMILES string of the molecule is Cc1cccc(/C=C/C(=O)N2CCC3(CC2)COc2ccc(CN)cc23)c1. The Morgan fingerprint density at radius 2 is 2.04 bits per heavy atom. The van der Waals surface area contributed by atoms with Crippen LogP contribution in [0.15, 0.2) is 48.5 Å². The summed E-state index contributed by atoms with van der Waals surface area (Å²) in [5, 5.41) is 0. The van der Waals surface area contributed by atoms with Crippen LogP contribution in [0.25, 0.3) is 6.08 Å². The number of fused-ring (bicyclic) bond motifs is 2. The zero-order valence-electron chi connectivity index (χ0n) is 15.8. The van der Waals surface area contributed by atoms with E-state index in [1.807, 2.05) is 35.2 Å². The van der Waals surface area contributed by atoms with Gasteiger partial charge in [-0.1, -0.05) is 42.0 Å². The van der Waals surface area contributed by atoms with Crippen molar-refractivity contribution in [3.05, 3.63) is 70.8 Å². The number of nitrogens with zero attached hydrogens (tertiary/aromatic N) is 1. The van der Waals surface area contributed by atoms with Gasteiger partial charge in [-0.25, -0.2) is 0 Å². The molecular weight excluding hydrogens is 336 g/mol. The second kappa shape index (κ2) is 7.20. The predicted octanol–water partition coefficient (Wildman–Crippen LogP) is 3.42. The van der Waals surface area contributed by atoms with E-state index in [1.165, 1.54) is 11.1 Å². The molecular formula is C23H26N2O2. The molecule has 4 heteroatoms. The number of rotatable bonds is 3. The van der Waals surface area contributed by atoms with Crippen molar-refractivity contribution in [3.63, 3.8) is 0 Å². The van der Waals surface area contributed by atoms with Crippen LogP contribution in [-0.2, 0) is 16.8 Å². The number of piperidine rings is 1. The Hall–Kier alpha value is -2.59. The molecule has 0 radical (unpaired) electrons. The van der Waals surface area contributed by atoms with Crippen LogP contribution in [0.1, 0.15) is 35.1 Å². The Morgan fingerprint density at radius 1 is 1.22 bits per heavy atom. The molecule has 2 aromatic carbocycles. The molecule has 4 rings (SSSR count). The maximum Gasteiger partial charge on any atom is 0.246 e. The maximum atomic E-state index is 12.6. The summed E-state index contributed by atoms with van der Waals surface area (Å²) in [7, 11) is 0. The van der Waals surface area contributed by atoms with Crippen LogP contribution in [0, 0.1) is 6.92 Å². The fourth-order valence-corrected chi connectivity index (χ4v) is 4.15. The second-order valence-electron chi connectivity index (χ2n) is 7.68. The van der Waals surface area contributed by atoms with Crippen LogP contribution in [0.3, 0.4) is 0 Å². The van der Waals surface area contributed by atoms with Crippen molar-refractivity contribution in [3.8, 4) is 5.75 Å². The first-order chi connectivity index (χ1) is 13.1. The molecule has 1 saturated heterocycles. The molecule has 0 aliphatic carbocycles. The summed E-state index contributed by atoms with van der Waals surface area (Å²) >= 11 is 0. The molecule has 2 aromatic rings. The minimum absolute atomic E-state index is 0.0253. The lowest BCUT2D eigenvalue weighted by Gasteiger charge is -2.38. The number of carbonyl (C=O) groups excluding carboxylic acids is 1. The molecule has 0 bridgehead atoms. The lowest BCUT2D eigenvalue weighted by molar-refractivity contribution is -0.127. The Labute approximate surface area is 160 Å². The van der Waals surface area contributed by atoms with Crippen LogP contribution < -0.4 is 10.5 Å². The quantitative estimate of drug-likeness (QED) is 0.851. The molecule has 140 valence electrons. The van der Waals surface area contributed by atoms with Gasteiger partial charge >= 0.3 is 0 Å². The summed E-state index contributed by atoms with van der Waals surface area (Å²) in [5.74, 6) is 1.06. The van der Waals surface area contributed by atoms with Gasteiger partial charge < -0.3 is 15.4 Å². The average Bonchev–Trinajstić information content (AvgIpc) is 3.04. The van der Waals surface area contributed by atoms with E-state index in [-0.39, 0.29) is 11.3 Å². The monoisotopic (exact) mass is 362 g/mol. The molecule has 2 aliphatic heterocycles. The lowest BCUT2D eigenvalue weighted by atomic mass is 9.74. The molecule has 1 fully saturated rings.